The molecule has 5 heterocycles. The fourth-order valence-corrected chi connectivity index (χ4v) is 6.17. The number of carbonyl (C=O) groups is 4. The smallest absolute Gasteiger partial charge is 0.339 e. The van der Waals surface area contributed by atoms with E-state index < -0.39 is 30.0 Å². The van der Waals surface area contributed by atoms with Crippen molar-refractivity contribution in [3.8, 4) is 11.1 Å². The van der Waals surface area contributed by atoms with E-state index >= 15 is 0 Å². The summed E-state index contributed by atoms with van der Waals surface area (Å²) >= 11 is 0. The highest BCUT2D eigenvalue weighted by Crippen LogP contribution is 2.28. The van der Waals surface area contributed by atoms with Gasteiger partial charge < -0.3 is 19.9 Å². The van der Waals surface area contributed by atoms with Crippen LogP contribution in [0.5, 0.6) is 0 Å². The number of Topliss-reactive ketones (excluding diaryl/α,β-unsaturated/α-hetero) is 1. The van der Waals surface area contributed by atoms with E-state index in [0.29, 0.717) is 48.2 Å². The molecule has 2 aliphatic rings. The summed E-state index contributed by atoms with van der Waals surface area (Å²) in [6.07, 6.45) is 4.71. The van der Waals surface area contributed by atoms with Crippen LogP contribution in [0.2, 0.25) is 0 Å². The Kier molecular flexibility index (Phi) is 8.92. The maximum atomic E-state index is 14.7. The van der Waals surface area contributed by atoms with Crippen LogP contribution >= 0.6 is 0 Å². The second-order valence-corrected chi connectivity index (χ2v) is 11.9. The van der Waals surface area contributed by atoms with Gasteiger partial charge in [-0.05, 0) is 49.6 Å². The first kappa shape index (κ1) is 31.7. The van der Waals surface area contributed by atoms with Crippen molar-refractivity contribution in [2.75, 3.05) is 31.6 Å². The monoisotopic (exact) mass is 642 g/mol. The van der Waals surface area contributed by atoms with E-state index in [2.05, 4.69) is 30.3 Å². The van der Waals surface area contributed by atoms with E-state index in [9.17, 15) is 23.6 Å². The molecule has 0 unspecified atom stereocenters. The highest BCUT2D eigenvalue weighted by Gasteiger charge is 2.40. The minimum atomic E-state index is -1.34. The van der Waals surface area contributed by atoms with Crippen LogP contribution in [0.4, 0.5) is 10.2 Å². The summed E-state index contributed by atoms with van der Waals surface area (Å²) in [4.78, 5) is 67.3. The molecule has 0 bridgehead atoms. The topological polar surface area (TPSA) is 153 Å². The molecular formula is C33H35FN8O5. The van der Waals surface area contributed by atoms with Crippen molar-refractivity contribution >= 4 is 40.3 Å². The largest absolute Gasteiger partial charge is 0.465 e. The van der Waals surface area contributed by atoms with Crippen molar-refractivity contribution in [1.82, 2.24) is 34.9 Å². The van der Waals surface area contributed by atoms with Crippen LogP contribution in [0, 0.1) is 6.92 Å². The minimum Gasteiger partial charge on any atom is -0.465 e. The van der Waals surface area contributed by atoms with E-state index in [0.717, 1.165) is 16.9 Å². The zero-order valence-electron chi connectivity index (χ0n) is 26.4. The van der Waals surface area contributed by atoms with Gasteiger partial charge in [0.15, 0.2) is 5.78 Å². The third-order valence-corrected chi connectivity index (χ3v) is 8.69. The van der Waals surface area contributed by atoms with Crippen LogP contribution in [0.1, 0.15) is 52.9 Å². The molecule has 4 aromatic rings. The molecule has 244 valence electrons. The minimum absolute atomic E-state index is 0.0899. The number of hydrogen-bond acceptors (Lipinski definition) is 10. The molecule has 47 heavy (non-hydrogen) atoms. The number of nitrogens with zero attached hydrogens (tertiary/aromatic N) is 7. The third kappa shape index (κ3) is 6.67. The molecule has 1 N–H and O–H groups in total. The van der Waals surface area contributed by atoms with Crippen molar-refractivity contribution < 1.29 is 28.3 Å². The Balaban J connectivity index is 1.11. The van der Waals surface area contributed by atoms with Gasteiger partial charge in [-0.15, -0.1) is 0 Å². The predicted molar refractivity (Wildman–Crippen MR) is 169 cm³/mol. The number of rotatable bonds is 8. The Morgan fingerprint density at radius 2 is 1.74 bits per heavy atom. The van der Waals surface area contributed by atoms with Gasteiger partial charge in [0.2, 0.25) is 11.8 Å². The average Bonchev–Trinajstić information content (AvgIpc) is 3.65. The van der Waals surface area contributed by atoms with Gasteiger partial charge in [-0.2, -0.15) is 5.10 Å². The number of alkyl halides is 1. The van der Waals surface area contributed by atoms with Gasteiger partial charge in [-0.25, -0.2) is 24.1 Å². The van der Waals surface area contributed by atoms with Crippen molar-refractivity contribution in [2.45, 2.75) is 57.9 Å². The lowest BCUT2D eigenvalue weighted by Gasteiger charge is -2.34. The Morgan fingerprint density at radius 1 is 1.00 bits per heavy atom. The molecule has 0 saturated carbocycles. The SMILES string of the molecule is COC(=O)c1ccc(N2CCC(NC(=O)[C@@H]3C[C@@H](F)CN3C(=O)Cn3nc(C(C)=O)c4cc(-c5cnc(C)nc5)ccc43)CC2)nc1. The standard InChI is InChI=1S/C33H35FN8O5/c1-19(43)31-26-12-21(23-15-35-20(2)36-16-23)4-6-27(26)42(39-31)18-30(44)41-17-24(34)13-28(41)32(45)38-25-8-10-40(11-9-25)29-7-5-22(14-37-29)33(46)47-3/h4-7,12,14-16,24-25,28H,8-11,13,17-18H2,1-3H3,(H,38,45)/t24-,28+/m1/s1. The van der Waals surface area contributed by atoms with E-state index in [-0.39, 0.29) is 37.0 Å². The molecule has 2 aliphatic heterocycles. The van der Waals surface area contributed by atoms with Crippen molar-refractivity contribution in [2.24, 2.45) is 0 Å². The summed E-state index contributed by atoms with van der Waals surface area (Å²) in [5.41, 5.74) is 2.71. The Morgan fingerprint density at radius 3 is 2.40 bits per heavy atom. The number of aryl methyl sites for hydroxylation is 1. The molecule has 2 fully saturated rings. The van der Waals surface area contributed by atoms with Gasteiger partial charge in [-0.1, -0.05) is 6.07 Å². The van der Waals surface area contributed by atoms with Crippen molar-refractivity contribution in [1.29, 1.82) is 0 Å². The average molecular weight is 643 g/mol. The number of fused-ring (bicyclic) bond motifs is 1. The number of halogens is 1. The second-order valence-electron chi connectivity index (χ2n) is 11.9. The van der Waals surface area contributed by atoms with E-state index in [1.54, 1.807) is 37.5 Å². The predicted octanol–water partition coefficient (Wildman–Crippen LogP) is 2.91. The number of esters is 1. The van der Waals surface area contributed by atoms with Crippen LogP contribution in [-0.4, -0.2) is 98.2 Å². The molecule has 2 saturated heterocycles. The molecule has 13 nitrogen and oxygen atoms in total. The lowest BCUT2D eigenvalue weighted by Crippen LogP contribution is -2.52. The molecular weight excluding hydrogens is 607 g/mol. The number of methoxy groups -OCH3 is 1. The van der Waals surface area contributed by atoms with Crippen molar-refractivity contribution in [3.63, 3.8) is 0 Å². The first-order valence-corrected chi connectivity index (χ1v) is 15.4. The maximum absolute atomic E-state index is 14.7. The first-order chi connectivity index (χ1) is 22.6. The summed E-state index contributed by atoms with van der Waals surface area (Å²) in [5, 5.41) is 8.04. The summed E-state index contributed by atoms with van der Waals surface area (Å²) in [6, 6.07) is 7.75. The summed E-state index contributed by atoms with van der Waals surface area (Å²) in [6.45, 7) is 3.99. The number of ketones is 1. The van der Waals surface area contributed by atoms with E-state index in [4.69, 9.17) is 4.74 Å². The van der Waals surface area contributed by atoms with Crippen LogP contribution in [-0.2, 0) is 20.9 Å². The number of pyridine rings is 1. The van der Waals surface area contributed by atoms with Crippen LogP contribution in [0.15, 0.2) is 48.9 Å². The normalized spacial score (nSPS) is 18.4. The summed E-state index contributed by atoms with van der Waals surface area (Å²) < 4.78 is 20.9. The highest BCUT2D eigenvalue weighted by molar-refractivity contribution is 6.06. The lowest BCUT2D eigenvalue weighted by molar-refractivity contribution is -0.139. The summed E-state index contributed by atoms with van der Waals surface area (Å²) in [7, 11) is 1.31. The molecule has 0 aliphatic carbocycles. The van der Waals surface area contributed by atoms with Crippen LogP contribution in [0.25, 0.3) is 22.0 Å². The molecule has 6 rings (SSSR count). The highest BCUT2D eigenvalue weighted by atomic mass is 19.1. The number of piperidine rings is 1. The quantitative estimate of drug-likeness (QED) is 0.224. The van der Waals surface area contributed by atoms with E-state index in [1.807, 2.05) is 12.1 Å². The van der Waals surface area contributed by atoms with Gasteiger partial charge in [0.05, 0.1) is 24.7 Å². The maximum Gasteiger partial charge on any atom is 0.339 e. The number of likely N-dealkylation sites (tertiary alicyclic amines) is 1. The number of anilines is 1. The fraction of sp³-hybridized carbons (Fsp3) is 0.394. The molecule has 3 aromatic heterocycles. The Hall–Kier alpha value is -5.27. The summed E-state index contributed by atoms with van der Waals surface area (Å²) in [5.74, 6) is -0.216. The number of hydrogen-bond donors (Lipinski definition) is 1. The van der Waals surface area contributed by atoms with Gasteiger partial charge in [0, 0.05) is 62.0 Å². The van der Waals surface area contributed by atoms with Gasteiger partial charge in [0.1, 0.15) is 36.1 Å². The van der Waals surface area contributed by atoms with Crippen LogP contribution < -0.4 is 10.2 Å². The number of aromatic nitrogens is 5. The zero-order chi connectivity index (χ0) is 33.2. The molecule has 2 atom stereocenters. The van der Waals surface area contributed by atoms with E-state index in [1.165, 1.54) is 29.8 Å². The number of nitrogens with one attached hydrogen (secondary N) is 1. The first-order valence-electron chi connectivity index (χ1n) is 15.4. The molecule has 14 heteroatoms. The Bertz CT molecular complexity index is 1820. The molecule has 0 radical (unpaired) electrons. The molecule has 2 amide bonds. The number of carbonyl (C=O) groups excluding carboxylic acids is 4. The Labute approximate surface area is 270 Å². The van der Waals surface area contributed by atoms with Gasteiger partial charge >= 0.3 is 5.97 Å². The number of ether oxygens (including phenoxy) is 1. The van der Waals surface area contributed by atoms with Crippen molar-refractivity contribution in [3.05, 3.63) is 66.0 Å². The molecule has 0 spiro atoms. The van der Waals surface area contributed by atoms with Gasteiger partial charge in [-0.3, -0.25) is 19.1 Å². The molecule has 1 aromatic carbocycles. The second kappa shape index (κ2) is 13.2. The van der Waals surface area contributed by atoms with Gasteiger partial charge in [0.25, 0.3) is 0 Å². The number of benzene rings is 1. The fourth-order valence-electron chi connectivity index (χ4n) is 6.17. The van der Waals surface area contributed by atoms with Crippen LogP contribution in [0.3, 0.4) is 0 Å². The lowest BCUT2D eigenvalue weighted by atomic mass is 10.0. The number of amides is 2. The third-order valence-electron chi connectivity index (χ3n) is 8.69. The zero-order valence-corrected chi connectivity index (χ0v) is 26.4.